The molecule has 0 unspecified atom stereocenters. The molecular weight excluding hydrogens is 292 g/mol. The molecule has 2 aromatic heterocycles. The summed E-state index contributed by atoms with van der Waals surface area (Å²) < 4.78 is 5.49. The topological polar surface area (TPSA) is 37.0 Å². The summed E-state index contributed by atoms with van der Waals surface area (Å²) in [6, 6.07) is 8.78. The number of aryl methyl sites for hydroxylation is 1. The fourth-order valence-electron chi connectivity index (χ4n) is 3.16. The summed E-state index contributed by atoms with van der Waals surface area (Å²) >= 11 is 1.76. The van der Waals surface area contributed by atoms with Crippen molar-refractivity contribution in [2.24, 2.45) is 0 Å². The van der Waals surface area contributed by atoms with E-state index < -0.39 is 0 Å². The number of hydrogen-bond acceptors (Lipinski definition) is 3. The van der Waals surface area contributed by atoms with Crippen molar-refractivity contribution >= 4 is 22.2 Å². The van der Waals surface area contributed by atoms with Gasteiger partial charge in [0.2, 0.25) is 0 Å². The quantitative estimate of drug-likeness (QED) is 0.755. The zero-order chi connectivity index (χ0) is 15.0. The first-order valence-electron chi connectivity index (χ1n) is 7.65. The van der Waals surface area contributed by atoms with Crippen LogP contribution in [0.3, 0.4) is 0 Å². The molecule has 0 saturated carbocycles. The van der Waals surface area contributed by atoms with Crippen molar-refractivity contribution < 1.29 is 4.74 Å². The molecule has 0 radical (unpaired) electrons. The number of nitrogens with one attached hydrogen (secondary N) is 2. The van der Waals surface area contributed by atoms with Crippen LogP contribution in [-0.2, 0) is 16.7 Å². The maximum absolute atomic E-state index is 5.49. The van der Waals surface area contributed by atoms with Crippen LogP contribution in [0.2, 0.25) is 0 Å². The van der Waals surface area contributed by atoms with Gasteiger partial charge in [0.05, 0.1) is 18.6 Å². The number of benzene rings is 1. The van der Waals surface area contributed by atoms with Gasteiger partial charge in [0, 0.05) is 30.2 Å². The van der Waals surface area contributed by atoms with Crippen molar-refractivity contribution in [3.63, 3.8) is 0 Å². The molecule has 0 spiro atoms. The molecule has 2 N–H and O–H groups in total. The zero-order valence-electron chi connectivity index (χ0n) is 12.7. The van der Waals surface area contributed by atoms with Gasteiger partial charge in [0.15, 0.2) is 0 Å². The first kappa shape index (κ1) is 14.0. The molecule has 0 bridgehead atoms. The molecule has 3 nitrogen and oxygen atoms in total. The first-order chi connectivity index (χ1) is 10.8. The summed E-state index contributed by atoms with van der Waals surface area (Å²) in [5.74, 6) is 0. The molecule has 3 aromatic rings. The highest BCUT2D eigenvalue weighted by atomic mass is 32.1. The standard InChI is InChI=1S/C18H20N2OS/c1-13-2-3-17-16(6-13)14(8-20-17)7-19-10-18(11-21-12-18)15-4-5-22-9-15/h2-6,8-9,19-20H,7,10-12H2,1H3. The Labute approximate surface area is 134 Å². The lowest BCUT2D eigenvalue weighted by molar-refractivity contribution is -0.0589. The molecular formula is C18H20N2OS. The van der Waals surface area contributed by atoms with Crippen molar-refractivity contribution in [1.82, 2.24) is 10.3 Å². The van der Waals surface area contributed by atoms with Gasteiger partial charge < -0.3 is 15.0 Å². The molecule has 1 aromatic carbocycles. The van der Waals surface area contributed by atoms with Gasteiger partial charge in [-0.15, -0.1) is 0 Å². The van der Waals surface area contributed by atoms with E-state index in [1.165, 1.54) is 27.6 Å². The maximum atomic E-state index is 5.49. The number of rotatable bonds is 5. The molecule has 0 aliphatic carbocycles. The summed E-state index contributed by atoms with van der Waals surface area (Å²) in [6.45, 7) is 5.63. The van der Waals surface area contributed by atoms with Crippen LogP contribution >= 0.6 is 11.3 Å². The highest BCUT2D eigenvalue weighted by molar-refractivity contribution is 7.08. The molecule has 1 aliphatic rings. The molecule has 4 heteroatoms. The summed E-state index contributed by atoms with van der Waals surface area (Å²) in [5.41, 5.74) is 5.42. The second kappa shape index (κ2) is 5.54. The lowest BCUT2D eigenvalue weighted by atomic mass is 9.80. The van der Waals surface area contributed by atoms with Crippen LogP contribution in [-0.4, -0.2) is 24.7 Å². The molecule has 1 aliphatic heterocycles. The highest BCUT2D eigenvalue weighted by Gasteiger charge is 2.40. The van der Waals surface area contributed by atoms with Gasteiger partial charge in [-0.1, -0.05) is 11.6 Å². The largest absolute Gasteiger partial charge is 0.379 e. The highest BCUT2D eigenvalue weighted by Crippen LogP contribution is 2.33. The third-order valence-electron chi connectivity index (χ3n) is 4.59. The van der Waals surface area contributed by atoms with Gasteiger partial charge in [0.25, 0.3) is 0 Å². The second-order valence-corrected chi connectivity index (χ2v) is 7.03. The maximum Gasteiger partial charge on any atom is 0.0598 e. The van der Waals surface area contributed by atoms with Crippen molar-refractivity contribution in [3.8, 4) is 0 Å². The average molecular weight is 312 g/mol. The van der Waals surface area contributed by atoms with Crippen molar-refractivity contribution in [2.45, 2.75) is 18.9 Å². The van der Waals surface area contributed by atoms with Crippen LogP contribution in [0.15, 0.2) is 41.2 Å². The van der Waals surface area contributed by atoms with E-state index in [2.05, 4.69) is 58.4 Å². The fourth-order valence-corrected chi connectivity index (χ4v) is 3.94. The minimum absolute atomic E-state index is 0.169. The normalized spacial score (nSPS) is 16.8. The van der Waals surface area contributed by atoms with Crippen molar-refractivity contribution in [2.75, 3.05) is 19.8 Å². The number of aromatic nitrogens is 1. The lowest BCUT2D eigenvalue weighted by Crippen LogP contribution is -2.53. The number of ether oxygens (including phenoxy) is 1. The summed E-state index contributed by atoms with van der Waals surface area (Å²) in [4.78, 5) is 3.36. The Kier molecular flexibility index (Phi) is 3.53. The van der Waals surface area contributed by atoms with Gasteiger partial charge in [-0.05, 0) is 47.0 Å². The Morgan fingerprint density at radius 1 is 1.32 bits per heavy atom. The SMILES string of the molecule is Cc1ccc2[nH]cc(CNCC3(c4ccsc4)COC3)c2c1. The lowest BCUT2D eigenvalue weighted by Gasteiger charge is -2.41. The fraction of sp³-hybridized carbons (Fsp3) is 0.333. The van der Waals surface area contributed by atoms with E-state index in [9.17, 15) is 0 Å². The molecule has 3 heterocycles. The first-order valence-corrected chi connectivity index (χ1v) is 8.59. The average Bonchev–Trinajstić information content (AvgIpc) is 3.12. The predicted molar refractivity (Wildman–Crippen MR) is 91.6 cm³/mol. The van der Waals surface area contributed by atoms with Gasteiger partial charge in [-0.2, -0.15) is 11.3 Å². The molecule has 1 fully saturated rings. The van der Waals surface area contributed by atoms with Gasteiger partial charge in [0.1, 0.15) is 0 Å². The Morgan fingerprint density at radius 2 is 2.23 bits per heavy atom. The molecule has 22 heavy (non-hydrogen) atoms. The van der Waals surface area contributed by atoms with E-state index in [1.807, 2.05) is 0 Å². The van der Waals surface area contributed by atoms with Crippen LogP contribution in [0, 0.1) is 6.92 Å². The van der Waals surface area contributed by atoms with Crippen LogP contribution in [0.25, 0.3) is 10.9 Å². The van der Waals surface area contributed by atoms with Crippen molar-refractivity contribution in [3.05, 3.63) is 57.9 Å². The Bertz CT molecular complexity index is 772. The Morgan fingerprint density at radius 3 is 2.95 bits per heavy atom. The van der Waals surface area contributed by atoms with Crippen LogP contribution in [0.4, 0.5) is 0 Å². The second-order valence-electron chi connectivity index (χ2n) is 6.25. The van der Waals surface area contributed by atoms with Crippen LogP contribution in [0.1, 0.15) is 16.7 Å². The summed E-state index contributed by atoms with van der Waals surface area (Å²) in [5, 5.41) is 9.36. The van der Waals surface area contributed by atoms with Crippen LogP contribution in [0.5, 0.6) is 0 Å². The Balaban J connectivity index is 1.47. The number of H-pyrrole nitrogens is 1. The van der Waals surface area contributed by atoms with E-state index in [0.29, 0.717) is 0 Å². The molecule has 4 rings (SSSR count). The van der Waals surface area contributed by atoms with E-state index >= 15 is 0 Å². The van der Waals surface area contributed by atoms with Crippen LogP contribution < -0.4 is 5.32 Å². The molecule has 0 amide bonds. The molecule has 0 atom stereocenters. The summed E-state index contributed by atoms with van der Waals surface area (Å²) in [7, 11) is 0. The Hall–Kier alpha value is -1.62. The van der Waals surface area contributed by atoms with Gasteiger partial charge >= 0.3 is 0 Å². The summed E-state index contributed by atoms with van der Waals surface area (Å²) in [6.07, 6.45) is 2.12. The van der Waals surface area contributed by atoms with E-state index in [4.69, 9.17) is 4.74 Å². The third-order valence-corrected chi connectivity index (χ3v) is 5.28. The van der Waals surface area contributed by atoms with E-state index in [0.717, 1.165) is 26.3 Å². The predicted octanol–water partition coefficient (Wildman–Crippen LogP) is 3.60. The van der Waals surface area contributed by atoms with Gasteiger partial charge in [-0.25, -0.2) is 0 Å². The van der Waals surface area contributed by atoms with Crippen molar-refractivity contribution in [1.29, 1.82) is 0 Å². The van der Waals surface area contributed by atoms with E-state index in [-0.39, 0.29) is 5.41 Å². The zero-order valence-corrected chi connectivity index (χ0v) is 13.5. The number of aromatic amines is 1. The monoisotopic (exact) mass is 312 g/mol. The molecule has 1 saturated heterocycles. The minimum atomic E-state index is 0.169. The third kappa shape index (κ3) is 2.37. The number of fused-ring (bicyclic) bond motifs is 1. The van der Waals surface area contributed by atoms with Gasteiger partial charge in [-0.3, -0.25) is 0 Å². The number of thiophene rings is 1. The minimum Gasteiger partial charge on any atom is -0.379 e. The van der Waals surface area contributed by atoms with E-state index in [1.54, 1.807) is 11.3 Å². The number of hydrogen-bond donors (Lipinski definition) is 2. The smallest absolute Gasteiger partial charge is 0.0598 e. The molecule has 114 valence electrons.